The standard InChI is InChI=1S/C57H38N2S/c1-57(2)50-25-23-40(32-47(50)48-30-37-16-6-7-17-38(37)33-51(48)57)52-34-53(59-56(58-52)36-14-4-3-5-15-36)43-28-41(27-42(29-43)45-21-12-18-35-13-8-9-19-44(35)45)39-24-26-55-49(31-39)46-20-10-11-22-54(46)60-55/h3-34H,1-2H3. The van der Waals surface area contributed by atoms with E-state index in [-0.39, 0.29) is 5.41 Å². The Labute approximate surface area is 353 Å². The summed E-state index contributed by atoms with van der Waals surface area (Å²) in [5, 5.41) is 7.57. The van der Waals surface area contributed by atoms with Gasteiger partial charge in [-0.05, 0) is 127 Å². The Balaban J connectivity index is 1.08. The topological polar surface area (TPSA) is 25.8 Å². The molecule has 12 rings (SSSR count). The Morgan fingerprint density at radius 3 is 1.83 bits per heavy atom. The average Bonchev–Trinajstić information content (AvgIpc) is 3.78. The van der Waals surface area contributed by atoms with Crippen LogP contribution in [0.4, 0.5) is 0 Å². The molecule has 0 N–H and O–H groups in total. The Morgan fingerprint density at radius 1 is 0.350 bits per heavy atom. The first kappa shape index (κ1) is 34.8. The van der Waals surface area contributed by atoms with Gasteiger partial charge in [0.2, 0.25) is 0 Å². The molecule has 0 bridgehead atoms. The molecule has 0 radical (unpaired) electrons. The van der Waals surface area contributed by atoms with Gasteiger partial charge in [0, 0.05) is 42.3 Å². The maximum atomic E-state index is 5.37. The molecular formula is C57H38N2S. The zero-order valence-corrected chi connectivity index (χ0v) is 34.1. The minimum Gasteiger partial charge on any atom is -0.228 e. The molecule has 3 heteroatoms. The van der Waals surface area contributed by atoms with Crippen LogP contribution in [0.3, 0.4) is 0 Å². The van der Waals surface area contributed by atoms with Crippen LogP contribution >= 0.6 is 11.3 Å². The summed E-state index contributed by atoms with van der Waals surface area (Å²) in [5.74, 6) is 0.707. The average molecular weight is 783 g/mol. The van der Waals surface area contributed by atoms with Crippen molar-refractivity contribution in [3.63, 3.8) is 0 Å². The lowest BCUT2D eigenvalue weighted by Gasteiger charge is -2.22. The molecule has 60 heavy (non-hydrogen) atoms. The molecule has 11 aromatic rings. The van der Waals surface area contributed by atoms with E-state index in [1.54, 1.807) is 0 Å². The van der Waals surface area contributed by atoms with Crippen LogP contribution < -0.4 is 0 Å². The van der Waals surface area contributed by atoms with Crippen LogP contribution in [-0.2, 0) is 5.41 Å². The Hall–Kier alpha value is -7.20. The van der Waals surface area contributed by atoms with E-state index >= 15 is 0 Å². The van der Waals surface area contributed by atoms with Gasteiger partial charge in [-0.1, -0.05) is 147 Å². The third-order valence-electron chi connectivity index (χ3n) is 12.6. The number of nitrogens with zero attached hydrogens (tertiary/aromatic N) is 2. The summed E-state index contributed by atoms with van der Waals surface area (Å²) in [4.78, 5) is 10.7. The van der Waals surface area contributed by atoms with E-state index in [1.807, 2.05) is 17.4 Å². The van der Waals surface area contributed by atoms with E-state index < -0.39 is 0 Å². The molecule has 282 valence electrons. The first-order valence-corrected chi connectivity index (χ1v) is 21.4. The van der Waals surface area contributed by atoms with Crippen molar-refractivity contribution >= 4 is 53.1 Å². The maximum Gasteiger partial charge on any atom is 0.160 e. The lowest BCUT2D eigenvalue weighted by Crippen LogP contribution is -2.14. The summed E-state index contributed by atoms with van der Waals surface area (Å²) >= 11 is 1.85. The van der Waals surface area contributed by atoms with Crippen molar-refractivity contribution in [2.75, 3.05) is 0 Å². The smallest absolute Gasteiger partial charge is 0.160 e. The molecule has 0 aliphatic heterocycles. The molecule has 1 aliphatic carbocycles. The first-order valence-electron chi connectivity index (χ1n) is 20.6. The van der Waals surface area contributed by atoms with Crippen molar-refractivity contribution < 1.29 is 0 Å². The molecule has 0 saturated carbocycles. The summed E-state index contributed by atoms with van der Waals surface area (Å²) in [5.41, 5.74) is 14.7. The number of hydrogen-bond acceptors (Lipinski definition) is 3. The number of hydrogen-bond donors (Lipinski definition) is 0. The highest BCUT2D eigenvalue weighted by Gasteiger charge is 2.36. The zero-order chi connectivity index (χ0) is 40.0. The quantitative estimate of drug-likeness (QED) is 0.174. The third-order valence-corrected chi connectivity index (χ3v) is 13.8. The van der Waals surface area contributed by atoms with Crippen molar-refractivity contribution in [2.24, 2.45) is 0 Å². The number of aromatic nitrogens is 2. The van der Waals surface area contributed by atoms with Crippen molar-refractivity contribution in [1.29, 1.82) is 0 Å². The van der Waals surface area contributed by atoms with Crippen LogP contribution in [0.15, 0.2) is 194 Å². The molecule has 9 aromatic carbocycles. The highest BCUT2D eigenvalue weighted by molar-refractivity contribution is 7.25. The summed E-state index contributed by atoms with van der Waals surface area (Å²) in [6, 6.07) is 70.9. The summed E-state index contributed by atoms with van der Waals surface area (Å²) in [7, 11) is 0. The van der Waals surface area contributed by atoms with E-state index in [1.165, 1.54) is 75.1 Å². The van der Waals surface area contributed by atoms with Crippen LogP contribution in [0, 0.1) is 0 Å². The molecule has 2 nitrogen and oxygen atoms in total. The van der Waals surface area contributed by atoms with E-state index in [2.05, 4.69) is 202 Å². The highest BCUT2D eigenvalue weighted by Crippen LogP contribution is 2.51. The molecule has 1 aliphatic rings. The SMILES string of the molecule is CC1(C)c2ccc(-c3cc(-c4cc(-c5ccc6sc7ccccc7c6c5)cc(-c5cccc6ccccc56)c4)nc(-c4ccccc4)n3)cc2-c2cc3ccccc3cc21. The fraction of sp³-hybridized carbons (Fsp3) is 0.0526. The van der Waals surface area contributed by atoms with E-state index in [0.717, 1.165) is 39.2 Å². The van der Waals surface area contributed by atoms with Gasteiger partial charge in [0.15, 0.2) is 5.82 Å². The molecular weight excluding hydrogens is 745 g/mol. The van der Waals surface area contributed by atoms with Crippen LogP contribution in [0.1, 0.15) is 25.0 Å². The third kappa shape index (κ3) is 5.61. The van der Waals surface area contributed by atoms with Gasteiger partial charge in [-0.15, -0.1) is 11.3 Å². The summed E-state index contributed by atoms with van der Waals surface area (Å²) in [6.45, 7) is 4.70. The minimum absolute atomic E-state index is 0.115. The van der Waals surface area contributed by atoms with Gasteiger partial charge in [0.1, 0.15) is 0 Å². The van der Waals surface area contributed by atoms with Crippen molar-refractivity contribution in [2.45, 2.75) is 19.3 Å². The first-order chi connectivity index (χ1) is 29.4. The fourth-order valence-electron chi connectivity index (χ4n) is 9.54. The summed E-state index contributed by atoms with van der Waals surface area (Å²) < 4.78 is 2.61. The molecule has 0 fully saturated rings. The van der Waals surface area contributed by atoms with Gasteiger partial charge in [0.25, 0.3) is 0 Å². The van der Waals surface area contributed by atoms with Crippen LogP contribution in [0.25, 0.3) is 109 Å². The van der Waals surface area contributed by atoms with E-state index in [0.29, 0.717) is 5.82 Å². The zero-order valence-electron chi connectivity index (χ0n) is 33.3. The largest absolute Gasteiger partial charge is 0.228 e. The fourth-order valence-corrected chi connectivity index (χ4v) is 10.6. The van der Waals surface area contributed by atoms with E-state index in [4.69, 9.17) is 9.97 Å². The van der Waals surface area contributed by atoms with Gasteiger partial charge >= 0.3 is 0 Å². The summed E-state index contributed by atoms with van der Waals surface area (Å²) in [6.07, 6.45) is 0. The number of benzene rings is 9. The predicted octanol–water partition coefficient (Wildman–Crippen LogP) is 15.8. The molecule has 2 heterocycles. The molecule has 0 atom stereocenters. The predicted molar refractivity (Wildman–Crippen MR) is 255 cm³/mol. The van der Waals surface area contributed by atoms with Gasteiger partial charge in [-0.3, -0.25) is 0 Å². The molecule has 2 aromatic heterocycles. The lowest BCUT2D eigenvalue weighted by atomic mass is 9.81. The second-order valence-corrected chi connectivity index (χ2v) is 17.7. The Kier molecular flexibility index (Phi) is 7.79. The van der Waals surface area contributed by atoms with Crippen molar-refractivity contribution in [3.8, 4) is 67.3 Å². The van der Waals surface area contributed by atoms with Gasteiger partial charge in [-0.25, -0.2) is 9.97 Å². The molecule has 0 spiro atoms. The van der Waals surface area contributed by atoms with Crippen molar-refractivity contribution in [1.82, 2.24) is 9.97 Å². The Morgan fingerprint density at radius 2 is 0.983 bits per heavy atom. The van der Waals surface area contributed by atoms with Crippen LogP contribution in [0.5, 0.6) is 0 Å². The normalized spacial score (nSPS) is 13.0. The second kappa shape index (κ2) is 13.4. The lowest BCUT2D eigenvalue weighted by molar-refractivity contribution is 0.661. The van der Waals surface area contributed by atoms with Crippen LogP contribution in [0.2, 0.25) is 0 Å². The van der Waals surface area contributed by atoms with Gasteiger partial charge < -0.3 is 0 Å². The molecule has 0 amide bonds. The molecule has 0 unspecified atom stereocenters. The second-order valence-electron chi connectivity index (χ2n) is 16.6. The number of fused-ring (bicyclic) bond motifs is 8. The highest BCUT2D eigenvalue weighted by atomic mass is 32.1. The van der Waals surface area contributed by atoms with Crippen LogP contribution in [-0.4, -0.2) is 9.97 Å². The van der Waals surface area contributed by atoms with Crippen molar-refractivity contribution in [3.05, 3.63) is 205 Å². The number of thiophene rings is 1. The van der Waals surface area contributed by atoms with Gasteiger partial charge in [0.05, 0.1) is 11.4 Å². The monoisotopic (exact) mass is 782 g/mol. The Bertz CT molecular complexity index is 3520. The van der Waals surface area contributed by atoms with Gasteiger partial charge in [-0.2, -0.15) is 0 Å². The molecule has 0 saturated heterocycles. The number of rotatable bonds is 5. The minimum atomic E-state index is -0.115. The maximum absolute atomic E-state index is 5.37. The van der Waals surface area contributed by atoms with E-state index in [9.17, 15) is 0 Å².